The average molecular weight is 419 g/mol. The number of benzene rings is 1. The summed E-state index contributed by atoms with van der Waals surface area (Å²) in [5.74, 6) is -0.523. The largest absolute Gasteiger partial charge is 0.417 e. The number of hydrogen-bond acceptors (Lipinski definition) is 4. The highest BCUT2D eigenvalue weighted by molar-refractivity contribution is 5.95. The predicted molar refractivity (Wildman–Crippen MR) is 102 cm³/mol. The molecule has 0 saturated carbocycles. The summed E-state index contributed by atoms with van der Waals surface area (Å²) < 4.78 is 43.9. The van der Waals surface area contributed by atoms with Gasteiger partial charge in [0.1, 0.15) is 12.3 Å². The van der Waals surface area contributed by atoms with E-state index in [1.165, 1.54) is 0 Å². The van der Waals surface area contributed by atoms with Crippen LogP contribution in [-0.4, -0.2) is 53.5 Å². The number of amides is 2. The van der Waals surface area contributed by atoms with Crippen LogP contribution in [-0.2, 0) is 15.7 Å². The second-order valence-corrected chi connectivity index (χ2v) is 7.51. The highest BCUT2D eigenvalue weighted by atomic mass is 19.4. The van der Waals surface area contributed by atoms with Crippen LogP contribution in [0, 0.1) is 0 Å². The maximum absolute atomic E-state index is 12.7. The quantitative estimate of drug-likeness (QED) is 0.751. The summed E-state index contributed by atoms with van der Waals surface area (Å²) in [7, 11) is 0. The number of halogens is 3. The Morgan fingerprint density at radius 1 is 1.07 bits per heavy atom. The maximum Gasteiger partial charge on any atom is 0.417 e. The van der Waals surface area contributed by atoms with Gasteiger partial charge in [0, 0.05) is 25.0 Å². The van der Waals surface area contributed by atoms with E-state index in [4.69, 9.17) is 4.74 Å². The highest BCUT2D eigenvalue weighted by Gasteiger charge is 2.43. The lowest BCUT2D eigenvalue weighted by Gasteiger charge is -2.46. The van der Waals surface area contributed by atoms with Gasteiger partial charge in [0.2, 0.25) is 0 Å². The number of anilines is 1. The molecule has 0 N–H and O–H groups in total. The Balaban J connectivity index is 1.42. The zero-order valence-electron chi connectivity index (χ0n) is 16.1. The number of morpholine rings is 1. The smallest absolute Gasteiger partial charge is 0.363 e. The van der Waals surface area contributed by atoms with E-state index in [1.54, 1.807) is 9.80 Å². The zero-order chi connectivity index (χ0) is 21.4. The number of para-hydroxylation sites is 1. The fourth-order valence-electron chi connectivity index (χ4n) is 3.83. The molecule has 9 heteroatoms. The molecule has 2 saturated heterocycles. The Labute approximate surface area is 171 Å². The molecule has 0 unspecified atom stereocenters. The van der Waals surface area contributed by atoms with Crippen molar-refractivity contribution >= 4 is 17.5 Å². The average Bonchev–Trinajstić information content (AvgIpc) is 2.76. The standard InChI is InChI=1S/C21H20F3N3O3/c22-21(23,24)15-6-7-17(25-12-15)19(29)26-10-8-20(9-11-26)14-27(18(28)13-30-20)16-4-2-1-3-5-16/h1-7,12H,8-11,13-14H2. The number of rotatable bonds is 2. The third kappa shape index (κ3) is 4.02. The number of nitrogens with zero attached hydrogens (tertiary/aromatic N) is 3. The van der Waals surface area contributed by atoms with Crippen molar-refractivity contribution in [1.29, 1.82) is 0 Å². The first kappa shape index (κ1) is 20.3. The van der Waals surface area contributed by atoms with Crippen LogP contribution in [0.15, 0.2) is 48.7 Å². The van der Waals surface area contributed by atoms with Crippen LogP contribution in [0.4, 0.5) is 18.9 Å². The van der Waals surface area contributed by atoms with Gasteiger partial charge in [-0.25, -0.2) is 0 Å². The summed E-state index contributed by atoms with van der Waals surface area (Å²) in [6.07, 6.45) is -2.77. The van der Waals surface area contributed by atoms with Crippen molar-refractivity contribution in [3.05, 3.63) is 59.9 Å². The van der Waals surface area contributed by atoms with Crippen molar-refractivity contribution < 1.29 is 27.5 Å². The van der Waals surface area contributed by atoms with Crippen LogP contribution in [0.2, 0.25) is 0 Å². The summed E-state index contributed by atoms with van der Waals surface area (Å²) in [5, 5.41) is 0. The van der Waals surface area contributed by atoms with Gasteiger partial charge in [0.15, 0.2) is 0 Å². The second kappa shape index (κ2) is 7.71. The molecule has 2 aliphatic rings. The maximum atomic E-state index is 12.7. The van der Waals surface area contributed by atoms with Crippen molar-refractivity contribution in [2.45, 2.75) is 24.6 Å². The number of carbonyl (C=O) groups excluding carboxylic acids is 2. The molecular formula is C21H20F3N3O3. The number of ether oxygens (including phenoxy) is 1. The van der Waals surface area contributed by atoms with Gasteiger partial charge in [-0.15, -0.1) is 0 Å². The molecule has 0 atom stereocenters. The first-order valence-corrected chi connectivity index (χ1v) is 9.59. The molecule has 0 radical (unpaired) electrons. The molecule has 0 bridgehead atoms. The highest BCUT2D eigenvalue weighted by Crippen LogP contribution is 2.33. The molecule has 2 fully saturated rings. The Kier molecular flexibility index (Phi) is 5.23. The number of alkyl halides is 3. The minimum atomic E-state index is -4.49. The van der Waals surface area contributed by atoms with Crippen LogP contribution in [0.1, 0.15) is 28.9 Å². The minimum absolute atomic E-state index is 0.0235. The predicted octanol–water partition coefficient (Wildman–Crippen LogP) is 3.14. The lowest BCUT2D eigenvalue weighted by molar-refractivity contribution is -0.143. The number of pyridine rings is 1. The molecule has 1 aromatic carbocycles. The van der Waals surface area contributed by atoms with Crippen molar-refractivity contribution in [3.8, 4) is 0 Å². The first-order valence-electron chi connectivity index (χ1n) is 9.59. The van der Waals surface area contributed by atoms with Gasteiger partial charge in [-0.05, 0) is 37.1 Å². The van der Waals surface area contributed by atoms with E-state index in [2.05, 4.69) is 4.98 Å². The zero-order valence-corrected chi connectivity index (χ0v) is 16.1. The van der Waals surface area contributed by atoms with Crippen molar-refractivity contribution in [2.24, 2.45) is 0 Å². The van der Waals surface area contributed by atoms with Crippen molar-refractivity contribution in [2.75, 3.05) is 31.1 Å². The molecular weight excluding hydrogens is 399 g/mol. The van der Waals surface area contributed by atoms with Gasteiger partial charge in [-0.3, -0.25) is 14.6 Å². The van der Waals surface area contributed by atoms with Gasteiger partial charge >= 0.3 is 6.18 Å². The van der Waals surface area contributed by atoms with Gasteiger partial charge in [0.25, 0.3) is 11.8 Å². The lowest BCUT2D eigenvalue weighted by Crippen LogP contribution is -2.59. The van der Waals surface area contributed by atoms with Gasteiger partial charge in [0.05, 0.1) is 17.7 Å². The molecule has 2 amide bonds. The SMILES string of the molecule is O=C(c1ccc(C(F)(F)F)cn1)N1CCC2(CC1)CN(c1ccccc1)C(=O)CO2. The first-order chi connectivity index (χ1) is 14.3. The molecule has 2 aliphatic heterocycles. The summed E-state index contributed by atoms with van der Waals surface area (Å²) in [4.78, 5) is 31.9. The van der Waals surface area contributed by atoms with E-state index in [1.807, 2.05) is 30.3 Å². The van der Waals surface area contributed by atoms with E-state index in [-0.39, 0.29) is 18.2 Å². The summed E-state index contributed by atoms with van der Waals surface area (Å²) in [5.41, 5.74) is -0.658. The van der Waals surface area contributed by atoms with E-state index >= 15 is 0 Å². The van der Waals surface area contributed by atoms with Gasteiger partial charge in [-0.1, -0.05) is 18.2 Å². The van der Waals surface area contributed by atoms with E-state index < -0.39 is 23.2 Å². The summed E-state index contributed by atoms with van der Waals surface area (Å²) in [6.45, 7) is 1.12. The van der Waals surface area contributed by atoms with Crippen LogP contribution in [0.5, 0.6) is 0 Å². The molecule has 2 aromatic rings. The Morgan fingerprint density at radius 3 is 2.37 bits per heavy atom. The third-order valence-corrected chi connectivity index (χ3v) is 5.59. The van der Waals surface area contributed by atoms with Crippen LogP contribution in [0.3, 0.4) is 0 Å². The lowest BCUT2D eigenvalue weighted by atomic mass is 9.89. The van der Waals surface area contributed by atoms with Crippen LogP contribution in [0.25, 0.3) is 0 Å². The molecule has 3 heterocycles. The monoisotopic (exact) mass is 419 g/mol. The fourth-order valence-corrected chi connectivity index (χ4v) is 3.83. The Hall–Kier alpha value is -2.94. The van der Waals surface area contributed by atoms with Crippen LogP contribution < -0.4 is 4.90 Å². The molecule has 0 aliphatic carbocycles. The third-order valence-electron chi connectivity index (χ3n) is 5.59. The minimum Gasteiger partial charge on any atom is -0.363 e. The van der Waals surface area contributed by atoms with Gasteiger partial charge in [-0.2, -0.15) is 13.2 Å². The molecule has 4 rings (SSSR count). The topological polar surface area (TPSA) is 62.7 Å². The van der Waals surface area contributed by atoms with Gasteiger partial charge < -0.3 is 14.5 Å². The number of piperidine rings is 1. The number of hydrogen-bond donors (Lipinski definition) is 0. The number of carbonyl (C=O) groups is 2. The Bertz CT molecular complexity index is 924. The summed E-state index contributed by atoms with van der Waals surface area (Å²) in [6, 6.07) is 11.3. The second-order valence-electron chi connectivity index (χ2n) is 7.51. The molecule has 1 aromatic heterocycles. The van der Waals surface area contributed by atoms with Crippen molar-refractivity contribution in [3.63, 3.8) is 0 Å². The summed E-state index contributed by atoms with van der Waals surface area (Å²) >= 11 is 0. The molecule has 1 spiro atoms. The van der Waals surface area contributed by atoms with Crippen molar-refractivity contribution in [1.82, 2.24) is 9.88 Å². The Morgan fingerprint density at radius 2 is 1.77 bits per heavy atom. The van der Waals surface area contributed by atoms with Crippen LogP contribution >= 0.6 is 0 Å². The number of likely N-dealkylation sites (tertiary alicyclic amines) is 1. The molecule has 6 nitrogen and oxygen atoms in total. The molecule has 30 heavy (non-hydrogen) atoms. The number of aromatic nitrogens is 1. The van der Waals surface area contributed by atoms with E-state index in [0.717, 1.165) is 17.8 Å². The molecule has 158 valence electrons. The van der Waals surface area contributed by atoms with E-state index in [9.17, 15) is 22.8 Å². The fraction of sp³-hybridized carbons (Fsp3) is 0.381. The van der Waals surface area contributed by atoms with E-state index in [0.29, 0.717) is 38.7 Å². The normalized spacial score (nSPS) is 19.2.